The first kappa shape index (κ1) is 18.1. The van der Waals surface area contributed by atoms with Crippen LogP contribution in [-0.2, 0) is 11.3 Å². The Kier molecular flexibility index (Phi) is 5.32. The minimum atomic E-state index is -0.282. The predicted octanol–water partition coefficient (Wildman–Crippen LogP) is 4.25. The Hall–Kier alpha value is -2.73. The first-order chi connectivity index (χ1) is 12.5. The van der Waals surface area contributed by atoms with Crippen molar-refractivity contribution in [3.05, 3.63) is 64.1 Å². The second-order valence-electron chi connectivity index (χ2n) is 5.87. The van der Waals surface area contributed by atoms with Crippen molar-refractivity contribution >= 4 is 29.0 Å². The lowest BCUT2D eigenvalue weighted by atomic mass is 10.1. The van der Waals surface area contributed by atoms with Crippen LogP contribution in [0.2, 0.25) is 0 Å². The first-order valence-electron chi connectivity index (χ1n) is 8.04. The average molecular weight is 369 g/mol. The topological polar surface area (TPSA) is 55.8 Å². The summed E-state index contributed by atoms with van der Waals surface area (Å²) in [6.45, 7) is 2.27. The fourth-order valence-electron chi connectivity index (χ4n) is 2.61. The normalized spacial score (nSPS) is 15.7. The number of carbonyl (C=O) groups is 2. The lowest BCUT2D eigenvalue weighted by molar-refractivity contribution is -0.123. The molecule has 0 unspecified atom stereocenters. The number of amides is 2. The molecular formula is C20H19NO4S. The highest BCUT2D eigenvalue weighted by atomic mass is 32.2. The number of hydrogen-bond donors (Lipinski definition) is 0. The Bertz CT molecular complexity index is 874. The highest BCUT2D eigenvalue weighted by Crippen LogP contribution is 2.35. The van der Waals surface area contributed by atoms with Crippen molar-refractivity contribution in [2.24, 2.45) is 0 Å². The standard InChI is InChI=1S/C20H19NO4S/c1-13-4-6-14(7-5-13)12-21-19(22)18(26-20(21)23)11-15-8-9-16(24-2)17(10-15)25-3/h4-11H,12H2,1-3H3/b18-11-. The van der Waals surface area contributed by atoms with Crippen molar-refractivity contribution in [1.29, 1.82) is 0 Å². The van der Waals surface area contributed by atoms with Gasteiger partial charge in [-0.2, -0.15) is 0 Å². The van der Waals surface area contributed by atoms with E-state index in [1.165, 1.54) is 4.90 Å². The summed E-state index contributed by atoms with van der Waals surface area (Å²) < 4.78 is 10.5. The Balaban J connectivity index is 1.81. The maximum Gasteiger partial charge on any atom is 0.293 e. The quantitative estimate of drug-likeness (QED) is 0.738. The van der Waals surface area contributed by atoms with Crippen LogP contribution in [0.5, 0.6) is 11.5 Å². The molecule has 0 atom stereocenters. The van der Waals surface area contributed by atoms with E-state index in [-0.39, 0.29) is 17.7 Å². The van der Waals surface area contributed by atoms with E-state index in [0.29, 0.717) is 16.4 Å². The second kappa shape index (κ2) is 7.66. The molecule has 0 N–H and O–H groups in total. The van der Waals surface area contributed by atoms with Crippen LogP contribution in [0, 0.1) is 6.92 Å². The molecule has 134 valence electrons. The number of rotatable bonds is 5. The number of aryl methyl sites for hydroxylation is 1. The van der Waals surface area contributed by atoms with Crippen LogP contribution in [0.15, 0.2) is 47.4 Å². The molecule has 2 amide bonds. The van der Waals surface area contributed by atoms with Crippen LogP contribution in [0.1, 0.15) is 16.7 Å². The van der Waals surface area contributed by atoms with Gasteiger partial charge >= 0.3 is 0 Å². The van der Waals surface area contributed by atoms with Crippen LogP contribution >= 0.6 is 11.8 Å². The minimum absolute atomic E-state index is 0.262. The van der Waals surface area contributed by atoms with E-state index in [4.69, 9.17) is 9.47 Å². The van der Waals surface area contributed by atoms with Crippen LogP contribution in [0.3, 0.4) is 0 Å². The molecule has 0 bridgehead atoms. The van der Waals surface area contributed by atoms with Gasteiger partial charge in [-0.05, 0) is 48.0 Å². The SMILES string of the molecule is COc1ccc(/C=C2\SC(=O)N(Cc3ccc(C)cc3)C2=O)cc1OC. The smallest absolute Gasteiger partial charge is 0.293 e. The van der Waals surface area contributed by atoms with Crippen molar-refractivity contribution in [3.63, 3.8) is 0 Å². The summed E-state index contributed by atoms with van der Waals surface area (Å²) in [4.78, 5) is 26.6. The van der Waals surface area contributed by atoms with Gasteiger partial charge in [0.05, 0.1) is 25.7 Å². The third kappa shape index (κ3) is 3.75. The van der Waals surface area contributed by atoms with E-state index < -0.39 is 0 Å². The van der Waals surface area contributed by atoms with Crippen molar-refractivity contribution in [1.82, 2.24) is 4.90 Å². The molecule has 1 heterocycles. The fraction of sp³-hybridized carbons (Fsp3) is 0.200. The zero-order valence-electron chi connectivity index (χ0n) is 14.8. The number of hydrogen-bond acceptors (Lipinski definition) is 5. The third-order valence-corrected chi connectivity index (χ3v) is 4.95. The van der Waals surface area contributed by atoms with E-state index in [0.717, 1.165) is 28.5 Å². The Morgan fingerprint density at radius 1 is 1.00 bits per heavy atom. The molecule has 1 saturated heterocycles. The van der Waals surface area contributed by atoms with Gasteiger partial charge in [-0.15, -0.1) is 0 Å². The molecule has 0 aromatic heterocycles. The Morgan fingerprint density at radius 3 is 2.35 bits per heavy atom. The first-order valence-corrected chi connectivity index (χ1v) is 8.86. The Morgan fingerprint density at radius 2 is 1.69 bits per heavy atom. The van der Waals surface area contributed by atoms with E-state index in [9.17, 15) is 9.59 Å². The van der Waals surface area contributed by atoms with Crippen molar-refractivity contribution < 1.29 is 19.1 Å². The Labute approximate surface area is 156 Å². The summed E-state index contributed by atoms with van der Waals surface area (Å²) in [5.74, 6) is 0.896. The largest absolute Gasteiger partial charge is 0.493 e. The van der Waals surface area contributed by atoms with Crippen molar-refractivity contribution in [2.75, 3.05) is 14.2 Å². The van der Waals surface area contributed by atoms with Crippen LogP contribution < -0.4 is 9.47 Å². The molecule has 0 aliphatic carbocycles. The third-order valence-electron chi connectivity index (χ3n) is 4.04. The fourth-order valence-corrected chi connectivity index (χ4v) is 3.44. The lowest BCUT2D eigenvalue weighted by Crippen LogP contribution is -2.27. The van der Waals surface area contributed by atoms with E-state index in [2.05, 4.69) is 0 Å². The number of imide groups is 1. The zero-order valence-corrected chi connectivity index (χ0v) is 15.6. The number of nitrogens with zero attached hydrogens (tertiary/aromatic N) is 1. The summed E-state index contributed by atoms with van der Waals surface area (Å²) in [5.41, 5.74) is 2.82. The molecular weight excluding hydrogens is 350 g/mol. The number of carbonyl (C=O) groups excluding carboxylic acids is 2. The summed E-state index contributed by atoms with van der Waals surface area (Å²) in [6, 6.07) is 13.1. The highest BCUT2D eigenvalue weighted by Gasteiger charge is 2.34. The molecule has 1 aliphatic rings. The summed E-state index contributed by atoms with van der Waals surface area (Å²) >= 11 is 0.949. The van der Waals surface area contributed by atoms with Gasteiger partial charge < -0.3 is 9.47 Å². The molecule has 3 rings (SSSR count). The molecule has 1 aliphatic heterocycles. The maximum absolute atomic E-state index is 12.6. The van der Waals surface area contributed by atoms with Crippen LogP contribution in [0.4, 0.5) is 4.79 Å². The van der Waals surface area contributed by atoms with Gasteiger partial charge in [0, 0.05) is 0 Å². The zero-order chi connectivity index (χ0) is 18.7. The molecule has 0 saturated carbocycles. The lowest BCUT2D eigenvalue weighted by Gasteiger charge is -2.12. The molecule has 5 nitrogen and oxygen atoms in total. The average Bonchev–Trinajstić information content (AvgIpc) is 2.90. The summed E-state index contributed by atoms with van der Waals surface area (Å²) in [6.07, 6.45) is 1.70. The maximum atomic E-state index is 12.6. The van der Waals surface area contributed by atoms with Crippen molar-refractivity contribution in [2.45, 2.75) is 13.5 Å². The van der Waals surface area contributed by atoms with Gasteiger partial charge in [0.15, 0.2) is 11.5 Å². The van der Waals surface area contributed by atoms with Gasteiger partial charge in [0.1, 0.15) is 0 Å². The molecule has 0 radical (unpaired) electrons. The van der Waals surface area contributed by atoms with Gasteiger partial charge in [-0.1, -0.05) is 35.9 Å². The molecule has 26 heavy (non-hydrogen) atoms. The van der Waals surface area contributed by atoms with Crippen LogP contribution in [0.25, 0.3) is 6.08 Å². The molecule has 2 aromatic rings. The predicted molar refractivity (Wildman–Crippen MR) is 102 cm³/mol. The van der Waals surface area contributed by atoms with E-state index in [1.807, 2.05) is 37.3 Å². The van der Waals surface area contributed by atoms with Gasteiger partial charge in [0.2, 0.25) is 0 Å². The molecule has 0 spiro atoms. The van der Waals surface area contributed by atoms with Gasteiger partial charge in [-0.3, -0.25) is 14.5 Å². The highest BCUT2D eigenvalue weighted by molar-refractivity contribution is 8.18. The van der Waals surface area contributed by atoms with Crippen molar-refractivity contribution in [3.8, 4) is 11.5 Å². The van der Waals surface area contributed by atoms with E-state index >= 15 is 0 Å². The summed E-state index contributed by atoms with van der Waals surface area (Å²) in [7, 11) is 3.12. The monoisotopic (exact) mass is 369 g/mol. The second-order valence-corrected chi connectivity index (χ2v) is 6.86. The van der Waals surface area contributed by atoms with E-state index in [1.54, 1.807) is 32.4 Å². The number of ether oxygens (including phenoxy) is 2. The number of thioether (sulfide) groups is 1. The molecule has 6 heteroatoms. The minimum Gasteiger partial charge on any atom is -0.493 e. The van der Waals surface area contributed by atoms with Gasteiger partial charge in [-0.25, -0.2) is 0 Å². The number of methoxy groups -OCH3 is 2. The van der Waals surface area contributed by atoms with Crippen LogP contribution in [-0.4, -0.2) is 30.3 Å². The molecule has 1 fully saturated rings. The van der Waals surface area contributed by atoms with Gasteiger partial charge in [0.25, 0.3) is 11.1 Å². The summed E-state index contributed by atoms with van der Waals surface area (Å²) in [5, 5.41) is -0.262. The number of benzene rings is 2. The molecule has 2 aromatic carbocycles.